The van der Waals surface area contributed by atoms with E-state index in [1.54, 1.807) is 10.7 Å². The maximum absolute atomic E-state index is 11.9. The van der Waals surface area contributed by atoms with Crippen molar-refractivity contribution >= 4 is 23.2 Å². The zero-order valence-electron chi connectivity index (χ0n) is 13.2. The second kappa shape index (κ2) is 8.11. The summed E-state index contributed by atoms with van der Waals surface area (Å²) in [6.45, 7) is -0.266. The Hall–Kier alpha value is -2.42. The molecular weight excluding hydrogens is 357 g/mol. The van der Waals surface area contributed by atoms with E-state index in [0.29, 0.717) is 5.69 Å². The number of hydrogen-bond donors (Lipinski definition) is 1. The first-order valence-electron chi connectivity index (χ1n) is 7.23. The molecule has 0 unspecified atom stereocenters. The van der Waals surface area contributed by atoms with Crippen LogP contribution < -0.4 is 5.32 Å². The third-order valence-electron chi connectivity index (χ3n) is 2.99. The van der Waals surface area contributed by atoms with Gasteiger partial charge in [-0.25, -0.2) is 4.98 Å². The van der Waals surface area contributed by atoms with Gasteiger partial charge >= 0.3 is 12.1 Å². The fourth-order valence-electron chi connectivity index (χ4n) is 1.89. The molecule has 1 aromatic carbocycles. The Balaban J connectivity index is 1.82. The second-order valence-corrected chi connectivity index (χ2v) is 6.10. The van der Waals surface area contributed by atoms with Gasteiger partial charge in [-0.05, 0) is 13.0 Å². The number of amides is 1. The Morgan fingerprint density at radius 3 is 2.76 bits per heavy atom. The van der Waals surface area contributed by atoms with Gasteiger partial charge in [-0.15, -0.1) is 11.3 Å². The van der Waals surface area contributed by atoms with Gasteiger partial charge in [0.1, 0.15) is 11.6 Å². The van der Waals surface area contributed by atoms with Gasteiger partial charge in [-0.3, -0.25) is 9.59 Å². The highest BCUT2D eigenvalue weighted by Gasteiger charge is 2.27. The number of benzene rings is 1. The van der Waals surface area contributed by atoms with Crippen LogP contribution in [0.15, 0.2) is 29.6 Å². The van der Waals surface area contributed by atoms with Gasteiger partial charge in [-0.2, -0.15) is 13.2 Å². The number of rotatable bonds is 6. The molecule has 0 bridgehead atoms. The van der Waals surface area contributed by atoms with Gasteiger partial charge in [0.15, 0.2) is 6.61 Å². The molecule has 0 fully saturated rings. The lowest BCUT2D eigenvalue weighted by atomic mass is 10.1. The summed E-state index contributed by atoms with van der Waals surface area (Å²) < 4.78 is 40.5. The molecule has 0 aliphatic rings. The molecule has 25 heavy (non-hydrogen) atoms. The zero-order valence-corrected chi connectivity index (χ0v) is 14.0. The van der Waals surface area contributed by atoms with E-state index in [9.17, 15) is 22.8 Å². The van der Waals surface area contributed by atoms with Crippen LogP contribution in [0.25, 0.3) is 10.6 Å². The number of alkyl halides is 3. The summed E-state index contributed by atoms with van der Waals surface area (Å²) in [5.41, 5.74) is 2.48. The molecular formula is C16H15F3N2O3S. The predicted molar refractivity (Wildman–Crippen MR) is 86.0 cm³/mol. The number of esters is 1. The third kappa shape index (κ3) is 6.54. The summed E-state index contributed by atoms with van der Waals surface area (Å²) in [4.78, 5) is 27.1. The van der Waals surface area contributed by atoms with E-state index in [2.05, 4.69) is 9.72 Å². The Labute approximate surface area is 145 Å². The molecule has 0 atom stereocenters. The smallest absolute Gasteiger partial charge is 0.405 e. The Morgan fingerprint density at radius 2 is 2.08 bits per heavy atom. The highest BCUT2D eigenvalue weighted by atomic mass is 32.1. The largest absolute Gasteiger partial charge is 0.455 e. The molecule has 0 saturated heterocycles. The average Bonchev–Trinajstić information content (AvgIpc) is 2.99. The molecule has 2 rings (SSSR count). The molecule has 0 aliphatic carbocycles. The van der Waals surface area contributed by atoms with Crippen LogP contribution in [0.3, 0.4) is 0 Å². The van der Waals surface area contributed by atoms with Crippen LogP contribution in [0.5, 0.6) is 0 Å². The number of halogens is 3. The van der Waals surface area contributed by atoms with E-state index in [4.69, 9.17) is 0 Å². The fraction of sp³-hybridized carbons (Fsp3) is 0.312. The van der Waals surface area contributed by atoms with Crippen LogP contribution in [-0.4, -0.2) is 36.2 Å². The SMILES string of the molecule is Cc1cccc(-c2nc(CC(=O)OCC(=O)NCC(F)(F)F)cs2)c1. The minimum atomic E-state index is -4.51. The van der Waals surface area contributed by atoms with Gasteiger partial charge in [0.2, 0.25) is 0 Å². The van der Waals surface area contributed by atoms with Crippen molar-refractivity contribution in [2.24, 2.45) is 0 Å². The van der Waals surface area contributed by atoms with Gasteiger partial charge in [0, 0.05) is 10.9 Å². The number of carbonyl (C=O) groups is 2. The van der Waals surface area contributed by atoms with Crippen molar-refractivity contribution in [3.63, 3.8) is 0 Å². The molecule has 1 N–H and O–H groups in total. The van der Waals surface area contributed by atoms with Gasteiger partial charge < -0.3 is 10.1 Å². The van der Waals surface area contributed by atoms with E-state index in [-0.39, 0.29) is 6.42 Å². The second-order valence-electron chi connectivity index (χ2n) is 5.24. The monoisotopic (exact) mass is 372 g/mol. The van der Waals surface area contributed by atoms with Crippen molar-refractivity contribution in [1.82, 2.24) is 10.3 Å². The lowest BCUT2D eigenvalue weighted by Crippen LogP contribution is -2.36. The van der Waals surface area contributed by atoms with E-state index < -0.39 is 31.2 Å². The summed E-state index contributed by atoms with van der Waals surface area (Å²) in [6, 6.07) is 7.73. The van der Waals surface area contributed by atoms with Crippen LogP contribution in [0.4, 0.5) is 13.2 Å². The Kier molecular flexibility index (Phi) is 6.13. The third-order valence-corrected chi connectivity index (χ3v) is 3.93. The molecule has 1 heterocycles. The molecule has 1 aromatic heterocycles. The highest BCUT2D eigenvalue weighted by molar-refractivity contribution is 7.13. The number of thiazole rings is 1. The van der Waals surface area contributed by atoms with Gasteiger partial charge in [0.05, 0.1) is 12.1 Å². The molecule has 134 valence electrons. The van der Waals surface area contributed by atoms with Crippen molar-refractivity contribution in [3.05, 3.63) is 40.9 Å². The number of carbonyl (C=O) groups excluding carboxylic acids is 2. The van der Waals surface area contributed by atoms with Crippen LogP contribution in [-0.2, 0) is 20.7 Å². The minimum Gasteiger partial charge on any atom is -0.455 e. The van der Waals surface area contributed by atoms with E-state index in [0.717, 1.165) is 16.1 Å². The number of ether oxygens (including phenoxy) is 1. The van der Waals surface area contributed by atoms with Crippen molar-refractivity contribution in [1.29, 1.82) is 0 Å². The first-order chi connectivity index (χ1) is 11.7. The number of hydrogen-bond acceptors (Lipinski definition) is 5. The van der Waals surface area contributed by atoms with Crippen molar-refractivity contribution < 1.29 is 27.5 Å². The lowest BCUT2D eigenvalue weighted by Gasteiger charge is -2.08. The normalized spacial score (nSPS) is 11.2. The van der Waals surface area contributed by atoms with Crippen LogP contribution in [0.2, 0.25) is 0 Å². The van der Waals surface area contributed by atoms with Crippen LogP contribution in [0.1, 0.15) is 11.3 Å². The number of nitrogens with zero attached hydrogens (tertiary/aromatic N) is 1. The summed E-state index contributed by atoms with van der Waals surface area (Å²) in [7, 11) is 0. The van der Waals surface area contributed by atoms with Crippen LogP contribution >= 0.6 is 11.3 Å². The summed E-state index contributed by atoms with van der Waals surface area (Å²) in [5, 5.41) is 4.06. The molecule has 1 amide bonds. The molecule has 0 radical (unpaired) electrons. The summed E-state index contributed by atoms with van der Waals surface area (Å²) >= 11 is 1.37. The topological polar surface area (TPSA) is 68.3 Å². The first-order valence-corrected chi connectivity index (χ1v) is 8.11. The Morgan fingerprint density at radius 1 is 1.32 bits per heavy atom. The number of nitrogens with one attached hydrogen (secondary N) is 1. The predicted octanol–water partition coefficient (Wildman–Crippen LogP) is 2.88. The van der Waals surface area contributed by atoms with E-state index in [1.165, 1.54) is 11.3 Å². The standard InChI is InChI=1S/C16H15F3N2O3S/c1-10-3-2-4-11(5-10)15-21-12(8-25-15)6-14(23)24-7-13(22)20-9-16(17,18)19/h2-5,8H,6-7,9H2,1H3,(H,20,22). The fourth-order valence-corrected chi connectivity index (χ4v) is 2.71. The van der Waals surface area contributed by atoms with Crippen molar-refractivity contribution in [2.75, 3.05) is 13.2 Å². The van der Waals surface area contributed by atoms with Crippen molar-refractivity contribution in [2.45, 2.75) is 19.5 Å². The summed E-state index contributed by atoms with van der Waals surface area (Å²) in [6.07, 6.45) is -4.67. The van der Waals surface area contributed by atoms with Crippen molar-refractivity contribution in [3.8, 4) is 10.6 Å². The van der Waals surface area contributed by atoms with E-state index in [1.807, 2.05) is 31.2 Å². The quantitative estimate of drug-likeness (QED) is 0.792. The zero-order chi connectivity index (χ0) is 18.4. The van der Waals surface area contributed by atoms with Gasteiger partial charge in [0.25, 0.3) is 5.91 Å². The number of aryl methyl sites for hydroxylation is 1. The van der Waals surface area contributed by atoms with Gasteiger partial charge in [-0.1, -0.05) is 23.8 Å². The lowest BCUT2D eigenvalue weighted by molar-refractivity contribution is -0.150. The highest BCUT2D eigenvalue weighted by Crippen LogP contribution is 2.24. The summed E-state index contributed by atoms with van der Waals surface area (Å²) in [5.74, 6) is -1.74. The first kappa shape index (κ1) is 18.9. The Bertz CT molecular complexity index is 759. The molecule has 0 spiro atoms. The maximum atomic E-state index is 11.9. The average molecular weight is 372 g/mol. The van der Waals surface area contributed by atoms with Crippen LogP contribution in [0, 0.1) is 6.92 Å². The molecule has 0 saturated carbocycles. The maximum Gasteiger partial charge on any atom is 0.405 e. The molecule has 0 aliphatic heterocycles. The van der Waals surface area contributed by atoms with E-state index >= 15 is 0 Å². The number of aromatic nitrogens is 1. The molecule has 9 heteroatoms. The molecule has 2 aromatic rings. The molecule has 5 nitrogen and oxygen atoms in total. The minimum absolute atomic E-state index is 0.158.